The molecule has 1 aliphatic rings. The first kappa shape index (κ1) is 25.1. The molecule has 0 saturated heterocycles. The Morgan fingerprint density at radius 2 is 1.94 bits per heavy atom. The highest BCUT2D eigenvalue weighted by molar-refractivity contribution is 8.03. The van der Waals surface area contributed by atoms with Crippen LogP contribution in [0.15, 0.2) is 58.0 Å². The van der Waals surface area contributed by atoms with Gasteiger partial charge in [0.15, 0.2) is 6.54 Å². The molecular weight excluding hydrogens is 504 g/mol. The molecule has 0 spiro atoms. The largest absolute Gasteiger partial charge is 0.335 e. The molecule has 4 rings (SSSR count). The van der Waals surface area contributed by atoms with Gasteiger partial charge >= 0.3 is 0 Å². The van der Waals surface area contributed by atoms with Crippen molar-refractivity contribution in [2.75, 3.05) is 23.0 Å². The summed E-state index contributed by atoms with van der Waals surface area (Å²) in [4.78, 5) is 3.80. The number of fused-ring (bicyclic) bond motifs is 2. The minimum Gasteiger partial charge on any atom is -0.335 e. The van der Waals surface area contributed by atoms with Gasteiger partial charge < -0.3 is 4.90 Å². The minimum atomic E-state index is 0.781. The molecule has 0 radical (unpaired) electrons. The summed E-state index contributed by atoms with van der Waals surface area (Å²) in [5, 5.41) is 3.35. The fourth-order valence-corrected chi connectivity index (χ4v) is 6.72. The number of allylic oxidation sites excluding steroid dienone is 2. The van der Waals surface area contributed by atoms with Crippen LogP contribution < -0.4 is 9.47 Å². The number of rotatable bonds is 9. The predicted molar refractivity (Wildman–Crippen MR) is 155 cm³/mol. The Morgan fingerprint density at radius 3 is 2.70 bits per heavy atom. The van der Waals surface area contributed by atoms with Crippen molar-refractivity contribution in [2.45, 2.75) is 44.6 Å². The van der Waals surface area contributed by atoms with E-state index in [4.69, 9.17) is 11.6 Å². The van der Waals surface area contributed by atoms with E-state index in [2.05, 4.69) is 91.1 Å². The number of thioether (sulfide) groups is 1. The van der Waals surface area contributed by atoms with E-state index in [1.165, 1.54) is 42.0 Å². The van der Waals surface area contributed by atoms with Crippen molar-refractivity contribution in [1.82, 2.24) is 0 Å². The Bertz CT molecular complexity index is 1200. The van der Waals surface area contributed by atoms with Crippen LogP contribution in [0.1, 0.15) is 36.8 Å². The molecule has 0 bridgehead atoms. The van der Waals surface area contributed by atoms with Gasteiger partial charge in [0.05, 0.1) is 10.7 Å². The molecule has 0 aliphatic carbocycles. The first-order chi connectivity index (χ1) is 16.0. The van der Waals surface area contributed by atoms with Crippen LogP contribution in [-0.4, -0.2) is 18.1 Å². The Morgan fingerprint density at radius 1 is 1.12 bits per heavy atom. The highest BCUT2D eigenvalue weighted by atomic mass is 35.5. The van der Waals surface area contributed by atoms with E-state index in [0.717, 1.165) is 48.9 Å². The quantitative estimate of drug-likeness (QED) is 0.212. The minimum absolute atomic E-state index is 0.781. The zero-order chi connectivity index (χ0) is 23.4. The molecule has 174 valence electrons. The molecule has 0 amide bonds. The van der Waals surface area contributed by atoms with Gasteiger partial charge in [-0.25, -0.2) is 0 Å². The van der Waals surface area contributed by atoms with Crippen molar-refractivity contribution in [3.05, 3.63) is 68.7 Å². The number of hydrogen-bond donors (Lipinski definition) is 2. The number of nitrogens with zero attached hydrogens (tertiary/aromatic N) is 2. The van der Waals surface area contributed by atoms with Crippen LogP contribution >= 0.6 is 60.0 Å². The standard InChI is InChI=1S/C26H29ClN2S4/c1-3-19(15-25-28(10-4-12-30)21-14-18(2)6-8-23(21)32-25)16-26-29(11-5-13-31)22-17-20(27)7-9-24(22)33-26/h6-9,14-17H,3-5,10-13H2,1-2H3,(H-,30,31)/p+1. The van der Waals surface area contributed by atoms with Gasteiger partial charge in [-0.15, -0.1) is 0 Å². The second-order valence-corrected chi connectivity index (χ2v) is 11.6. The topological polar surface area (TPSA) is 7.12 Å². The molecule has 7 heteroatoms. The van der Waals surface area contributed by atoms with E-state index in [0.29, 0.717) is 0 Å². The first-order valence-corrected chi connectivity index (χ1v) is 14.6. The number of thiol groups is 2. The van der Waals surface area contributed by atoms with Crippen LogP contribution in [0.3, 0.4) is 0 Å². The summed E-state index contributed by atoms with van der Waals surface area (Å²) >= 11 is 18.9. The Labute approximate surface area is 221 Å². The van der Waals surface area contributed by atoms with Crippen molar-refractivity contribution < 1.29 is 4.57 Å². The van der Waals surface area contributed by atoms with Gasteiger partial charge in [-0.1, -0.05) is 47.7 Å². The lowest BCUT2D eigenvalue weighted by molar-refractivity contribution is -0.668. The molecule has 0 saturated carbocycles. The van der Waals surface area contributed by atoms with E-state index < -0.39 is 0 Å². The maximum atomic E-state index is 6.33. The summed E-state index contributed by atoms with van der Waals surface area (Å²) in [6.45, 7) is 6.33. The third-order valence-electron chi connectivity index (χ3n) is 5.68. The van der Waals surface area contributed by atoms with Gasteiger partial charge in [-0.05, 0) is 72.7 Å². The highest BCUT2D eigenvalue weighted by Gasteiger charge is 2.25. The zero-order valence-electron chi connectivity index (χ0n) is 19.1. The molecule has 1 aromatic heterocycles. The Kier molecular flexibility index (Phi) is 8.80. The number of aryl methyl sites for hydroxylation is 2. The Hall–Kier alpha value is -1.05. The summed E-state index contributed by atoms with van der Waals surface area (Å²) < 4.78 is 3.66. The molecule has 0 atom stereocenters. The number of thiazole rings is 1. The van der Waals surface area contributed by atoms with Crippen LogP contribution in [-0.2, 0) is 6.54 Å². The van der Waals surface area contributed by atoms with E-state index in [1.54, 1.807) is 0 Å². The lowest BCUT2D eigenvalue weighted by Gasteiger charge is -2.20. The monoisotopic (exact) mass is 533 g/mol. The number of aromatic nitrogens is 1. The molecule has 3 aromatic rings. The van der Waals surface area contributed by atoms with Crippen LogP contribution in [0.4, 0.5) is 5.69 Å². The number of halogens is 1. The van der Waals surface area contributed by atoms with Crippen molar-refractivity contribution in [2.24, 2.45) is 0 Å². The van der Waals surface area contributed by atoms with Gasteiger partial charge in [0, 0.05) is 35.0 Å². The zero-order valence-corrected chi connectivity index (χ0v) is 23.2. The first-order valence-electron chi connectivity index (χ1n) is 11.4. The van der Waals surface area contributed by atoms with Gasteiger partial charge in [-0.3, -0.25) is 0 Å². The maximum absolute atomic E-state index is 6.33. The van der Waals surface area contributed by atoms with E-state index in [9.17, 15) is 0 Å². The van der Waals surface area contributed by atoms with Crippen LogP contribution in [0.5, 0.6) is 0 Å². The smallest absolute Gasteiger partial charge is 0.263 e. The predicted octanol–water partition coefficient (Wildman–Crippen LogP) is 8.04. The average Bonchev–Trinajstić information content (AvgIpc) is 3.32. The molecule has 0 N–H and O–H groups in total. The van der Waals surface area contributed by atoms with Crippen molar-refractivity contribution >= 4 is 81.9 Å². The molecule has 1 aliphatic heterocycles. The lowest BCUT2D eigenvalue weighted by Crippen LogP contribution is -2.35. The molecular formula is C26H30ClN2S4+. The van der Waals surface area contributed by atoms with Crippen LogP contribution in [0.25, 0.3) is 16.3 Å². The third-order valence-corrected chi connectivity index (χ3v) is 8.78. The third kappa shape index (κ3) is 5.79. The fraction of sp³-hybridized carbons (Fsp3) is 0.346. The molecule has 2 aromatic carbocycles. The second kappa shape index (κ2) is 11.6. The number of benzene rings is 2. The highest BCUT2D eigenvalue weighted by Crippen LogP contribution is 2.47. The summed E-state index contributed by atoms with van der Waals surface area (Å²) in [5.74, 6) is 1.76. The van der Waals surface area contributed by atoms with Crippen molar-refractivity contribution in [3.8, 4) is 0 Å². The molecule has 2 heterocycles. The van der Waals surface area contributed by atoms with Gasteiger partial charge in [0.25, 0.3) is 5.01 Å². The number of hydrogen-bond acceptors (Lipinski definition) is 5. The van der Waals surface area contributed by atoms with Crippen molar-refractivity contribution in [1.29, 1.82) is 0 Å². The molecule has 2 nitrogen and oxygen atoms in total. The summed E-state index contributed by atoms with van der Waals surface area (Å²) in [5.41, 5.74) is 5.16. The SMILES string of the molecule is CCC(/C=C1\Sc2ccc(C)cc2N1CCCS)=C\c1sc2ccc(Cl)cc2[n+]1CCCS. The maximum Gasteiger partial charge on any atom is 0.263 e. The van der Waals surface area contributed by atoms with Gasteiger partial charge in [0.1, 0.15) is 4.70 Å². The summed E-state index contributed by atoms with van der Waals surface area (Å²) in [6, 6.07) is 12.9. The Balaban J connectivity index is 1.74. The van der Waals surface area contributed by atoms with E-state index in [-0.39, 0.29) is 0 Å². The van der Waals surface area contributed by atoms with Crippen LogP contribution in [0.2, 0.25) is 5.02 Å². The van der Waals surface area contributed by atoms with Gasteiger partial charge in [-0.2, -0.15) is 29.8 Å². The molecule has 0 unspecified atom stereocenters. The van der Waals surface area contributed by atoms with Crippen molar-refractivity contribution in [3.63, 3.8) is 0 Å². The summed E-state index contributed by atoms with van der Waals surface area (Å²) in [6.07, 6.45) is 7.79. The average molecular weight is 534 g/mol. The van der Waals surface area contributed by atoms with Gasteiger partial charge in [0.2, 0.25) is 5.52 Å². The fourth-order valence-electron chi connectivity index (χ4n) is 3.98. The number of anilines is 1. The summed E-state index contributed by atoms with van der Waals surface area (Å²) in [7, 11) is 0. The van der Waals surface area contributed by atoms with Crippen LogP contribution in [0, 0.1) is 6.92 Å². The van der Waals surface area contributed by atoms with E-state index >= 15 is 0 Å². The molecule has 0 fully saturated rings. The van der Waals surface area contributed by atoms with E-state index in [1.807, 2.05) is 29.2 Å². The lowest BCUT2D eigenvalue weighted by atomic mass is 10.1. The second-order valence-electron chi connectivity index (χ2n) is 8.14. The molecule has 33 heavy (non-hydrogen) atoms. The normalized spacial score (nSPS) is 15.1.